The van der Waals surface area contributed by atoms with Gasteiger partial charge in [-0.1, -0.05) is 12.1 Å². The molecule has 30 heavy (non-hydrogen) atoms. The topological polar surface area (TPSA) is 70.7 Å². The number of carbonyl (C=O) groups is 2. The second-order valence-corrected chi connectivity index (χ2v) is 7.46. The molecule has 2 amide bonds. The molecule has 0 aromatic heterocycles. The zero-order chi connectivity index (χ0) is 20.9. The summed E-state index contributed by atoms with van der Waals surface area (Å²) in [5, 5.41) is 5.60. The number of ether oxygens (including phenoxy) is 1. The number of halogens is 1. The van der Waals surface area contributed by atoms with Crippen molar-refractivity contribution in [1.29, 1.82) is 0 Å². The molecule has 0 spiro atoms. The van der Waals surface area contributed by atoms with Crippen LogP contribution in [-0.4, -0.2) is 44.2 Å². The Morgan fingerprint density at radius 1 is 1.07 bits per heavy atom. The van der Waals surface area contributed by atoms with Crippen molar-refractivity contribution in [3.05, 3.63) is 65.5 Å². The fraction of sp³-hybridized carbons (Fsp3) is 0.304. The highest BCUT2D eigenvalue weighted by molar-refractivity contribution is 6.02. The van der Waals surface area contributed by atoms with Gasteiger partial charge in [-0.15, -0.1) is 0 Å². The molecule has 4 rings (SSSR count). The Morgan fingerprint density at radius 2 is 1.80 bits per heavy atom. The molecule has 1 aliphatic carbocycles. The predicted molar refractivity (Wildman–Crippen MR) is 114 cm³/mol. The summed E-state index contributed by atoms with van der Waals surface area (Å²) in [4.78, 5) is 26.1. The van der Waals surface area contributed by atoms with Crippen molar-refractivity contribution in [3.8, 4) is 0 Å². The van der Waals surface area contributed by atoms with Gasteiger partial charge in [0, 0.05) is 36.5 Å². The third-order valence-corrected chi connectivity index (χ3v) is 5.08. The molecule has 7 heteroatoms. The first kappa shape index (κ1) is 20.1. The SMILES string of the molecule is O=C(/C=C/c1ccc(C(=O)NC2CC2)cc1)Nc1ccc(N2CCOCC2)c(F)c1. The van der Waals surface area contributed by atoms with Gasteiger partial charge in [0.2, 0.25) is 5.91 Å². The van der Waals surface area contributed by atoms with Gasteiger partial charge in [0.25, 0.3) is 5.91 Å². The number of nitrogens with zero attached hydrogens (tertiary/aromatic N) is 1. The molecule has 0 radical (unpaired) electrons. The number of hydrogen-bond acceptors (Lipinski definition) is 4. The first-order valence-corrected chi connectivity index (χ1v) is 10.1. The van der Waals surface area contributed by atoms with E-state index in [0.29, 0.717) is 49.3 Å². The van der Waals surface area contributed by atoms with Gasteiger partial charge in [0.15, 0.2) is 0 Å². The van der Waals surface area contributed by atoms with Crippen LogP contribution in [0.1, 0.15) is 28.8 Å². The molecular formula is C23H24FN3O3. The van der Waals surface area contributed by atoms with Gasteiger partial charge in [-0.3, -0.25) is 9.59 Å². The second kappa shape index (κ2) is 9.09. The van der Waals surface area contributed by atoms with E-state index in [2.05, 4.69) is 10.6 Å². The van der Waals surface area contributed by atoms with Crippen LogP contribution in [0.4, 0.5) is 15.8 Å². The van der Waals surface area contributed by atoms with Crippen LogP contribution in [0.25, 0.3) is 6.08 Å². The predicted octanol–water partition coefficient (Wildman–Crippen LogP) is 3.21. The number of benzene rings is 2. The van der Waals surface area contributed by atoms with Crippen LogP contribution in [0, 0.1) is 5.82 Å². The Kier molecular flexibility index (Phi) is 6.09. The lowest BCUT2D eigenvalue weighted by Crippen LogP contribution is -2.36. The van der Waals surface area contributed by atoms with E-state index in [1.807, 2.05) is 4.90 Å². The van der Waals surface area contributed by atoms with Crippen molar-refractivity contribution < 1.29 is 18.7 Å². The first-order chi connectivity index (χ1) is 14.6. The summed E-state index contributed by atoms with van der Waals surface area (Å²) in [6.45, 7) is 2.45. The maximum Gasteiger partial charge on any atom is 0.251 e. The minimum absolute atomic E-state index is 0.0756. The smallest absolute Gasteiger partial charge is 0.251 e. The van der Waals surface area contributed by atoms with Crippen molar-refractivity contribution in [2.24, 2.45) is 0 Å². The normalized spacial score (nSPS) is 16.5. The number of morpholine rings is 1. The van der Waals surface area contributed by atoms with Crippen molar-refractivity contribution in [3.63, 3.8) is 0 Å². The monoisotopic (exact) mass is 409 g/mol. The highest BCUT2D eigenvalue weighted by atomic mass is 19.1. The van der Waals surface area contributed by atoms with Crippen LogP contribution < -0.4 is 15.5 Å². The van der Waals surface area contributed by atoms with Gasteiger partial charge in [-0.05, 0) is 54.8 Å². The summed E-state index contributed by atoms with van der Waals surface area (Å²) in [5.41, 5.74) is 2.30. The lowest BCUT2D eigenvalue weighted by atomic mass is 10.1. The van der Waals surface area contributed by atoms with Crippen LogP contribution >= 0.6 is 0 Å². The van der Waals surface area contributed by atoms with Gasteiger partial charge >= 0.3 is 0 Å². The Hall–Kier alpha value is -3.19. The van der Waals surface area contributed by atoms with Gasteiger partial charge in [-0.25, -0.2) is 4.39 Å². The summed E-state index contributed by atoms with van der Waals surface area (Å²) < 4.78 is 19.7. The van der Waals surface area contributed by atoms with Crippen LogP contribution in [0.2, 0.25) is 0 Å². The minimum atomic E-state index is -0.376. The van der Waals surface area contributed by atoms with E-state index in [4.69, 9.17) is 4.74 Å². The summed E-state index contributed by atoms with van der Waals surface area (Å²) >= 11 is 0. The van der Waals surface area contributed by atoms with Crippen molar-refractivity contribution in [2.45, 2.75) is 18.9 Å². The molecule has 2 aromatic carbocycles. The van der Waals surface area contributed by atoms with Crippen molar-refractivity contribution in [1.82, 2.24) is 5.32 Å². The van der Waals surface area contributed by atoms with Gasteiger partial charge < -0.3 is 20.3 Å². The third-order valence-electron chi connectivity index (χ3n) is 5.08. The number of anilines is 2. The van der Waals surface area contributed by atoms with Crippen molar-refractivity contribution >= 4 is 29.3 Å². The number of rotatable bonds is 6. The van der Waals surface area contributed by atoms with Gasteiger partial charge in [0.1, 0.15) is 5.82 Å². The molecule has 1 heterocycles. The van der Waals surface area contributed by atoms with E-state index in [-0.39, 0.29) is 17.6 Å². The Labute approximate surface area is 174 Å². The quantitative estimate of drug-likeness (QED) is 0.719. The van der Waals surface area contributed by atoms with E-state index in [1.165, 1.54) is 12.1 Å². The van der Waals surface area contributed by atoms with E-state index in [1.54, 1.807) is 42.5 Å². The lowest BCUT2D eigenvalue weighted by molar-refractivity contribution is -0.111. The van der Waals surface area contributed by atoms with Crippen LogP contribution in [0.15, 0.2) is 48.5 Å². The molecule has 0 bridgehead atoms. The zero-order valence-corrected chi connectivity index (χ0v) is 16.6. The van der Waals surface area contributed by atoms with Crippen LogP contribution in [0.3, 0.4) is 0 Å². The third kappa shape index (κ3) is 5.24. The number of hydrogen-bond donors (Lipinski definition) is 2. The number of nitrogens with one attached hydrogen (secondary N) is 2. The van der Waals surface area contributed by atoms with Gasteiger partial charge in [0.05, 0.1) is 18.9 Å². The van der Waals surface area contributed by atoms with Crippen molar-refractivity contribution in [2.75, 3.05) is 36.5 Å². The molecule has 156 valence electrons. The van der Waals surface area contributed by atoms with Crippen LogP contribution in [-0.2, 0) is 9.53 Å². The molecule has 2 fully saturated rings. The molecule has 1 saturated carbocycles. The molecule has 0 atom stereocenters. The molecule has 6 nitrogen and oxygen atoms in total. The van der Waals surface area contributed by atoms with E-state index >= 15 is 0 Å². The maximum absolute atomic E-state index is 14.4. The standard InChI is InChI=1S/C23H24FN3O3/c24-20-15-19(8-9-21(20)27-11-13-30-14-12-27)25-22(28)10-3-16-1-4-17(5-2-16)23(29)26-18-6-7-18/h1-5,8-10,15,18H,6-7,11-14H2,(H,25,28)(H,26,29)/b10-3+. The highest BCUT2D eigenvalue weighted by Crippen LogP contribution is 2.24. The summed E-state index contributed by atoms with van der Waals surface area (Å²) in [6.07, 6.45) is 5.12. The summed E-state index contributed by atoms with van der Waals surface area (Å²) in [6, 6.07) is 12.0. The zero-order valence-electron chi connectivity index (χ0n) is 16.6. The lowest BCUT2D eigenvalue weighted by Gasteiger charge is -2.29. The molecule has 2 aromatic rings. The highest BCUT2D eigenvalue weighted by Gasteiger charge is 2.23. The van der Waals surface area contributed by atoms with Gasteiger partial charge in [-0.2, -0.15) is 0 Å². The largest absolute Gasteiger partial charge is 0.378 e. The molecule has 2 aliphatic rings. The Morgan fingerprint density at radius 3 is 2.47 bits per heavy atom. The summed E-state index contributed by atoms with van der Waals surface area (Å²) in [5.74, 6) is -0.809. The average Bonchev–Trinajstić information content (AvgIpc) is 3.57. The second-order valence-electron chi connectivity index (χ2n) is 7.46. The molecule has 2 N–H and O–H groups in total. The average molecular weight is 409 g/mol. The molecular weight excluding hydrogens is 385 g/mol. The fourth-order valence-corrected chi connectivity index (χ4v) is 3.24. The van der Waals surface area contributed by atoms with Crippen LogP contribution in [0.5, 0.6) is 0 Å². The van der Waals surface area contributed by atoms with E-state index < -0.39 is 0 Å². The first-order valence-electron chi connectivity index (χ1n) is 10.1. The number of amides is 2. The number of carbonyl (C=O) groups excluding carboxylic acids is 2. The molecule has 1 saturated heterocycles. The molecule has 1 aliphatic heterocycles. The summed E-state index contributed by atoms with van der Waals surface area (Å²) in [7, 11) is 0. The van der Waals surface area contributed by atoms with E-state index in [0.717, 1.165) is 18.4 Å². The Balaban J connectivity index is 1.33. The maximum atomic E-state index is 14.4. The fourth-order valence-electron chi connectivity index (χ4n) is 3.24. The van der Waals surface area contributed by atoms with E-state index in [9.17, 15) is 14.0 Å². The molecule has 0 unspecified atom stereocenters. The Bertz CT molecular complexity index is 949. The minimum Gasteiger partial charge on any atom is -0.378 e.